The van der Waals surface area contributed by atoms with Crippen LogP contribution in [0.15, 0.2) is 6.20 Å². The Labute approximate surface area is 118 Å². The Morgan fingerprint density at radius 3 is 2.45 bits per heavy atom. The monoisotopic (exact) mass is 282 g/mol. The number of hydrogen-bond acceptors (Lipinski definition) is 3. The molecule has 7 nitrogen and oxygen atoms in total. The number of rotatable bonds is 4. The molecule has 1 aromatic heterocycles. The van der Waals surface area contributed by atoms with Crippen LogP contribution in [0, 0.1) is 12.3 Å². The lowest BCUT2D eigenvalue weighted by Gasteiger charge is -2.27. The number of carbonyl (C=O) groups is 2. The van der Waals surface area contributed by atoms with Crippen molar-refractivity contribution in [2.75, 3.05) is 0 Å². The molecule has 1 atom stereocenters. The molecule has 0 aliphatic rings. The van der Waals surface area contributed by atoms with E-state index in [1.54, 1.807) is 31.6 Å². The first-order chi connectivity index (χ1) is 9.12. The SMILES string of the molecule is Cc1c(CNC(=O)N[C@H](C(=O)O)C(C)(C)C)cnn1C. The number of aromatic nitrogens is 2. The Balaban J connectivity index is 2.59. The number of carboxylic acids is 1. The lowest BCUT2D eigenvalue weighted by Crippen LogP contribution is -2.52. The Hall–Kier alpha value is -2.05. The quantitative estimate of drug-likeness (QED) is 0.768. The van der Waals surface area contributed by atoms with Crippen molar-refractivity contribution in [3.8, 4) is 0 Å². The van der Waals surface area contributed by atoms with Crippen LogP contribution in [-0.4, -0.2) is 32.9 Å². The van der Waals surface area contributed by atoms with Crippen LogP contribution < -0.4 is 10.6 Å². The summed E-state index contributed by atoms with van der Waals surface area (Å²) in [5, 5.41) is 18.3. The van der Waals surface area contributed by atoms with Crippen LogP contribution >= 0.6 is 0 Å². The maximum Gasteiger partial charge on any atom is 0.326 e. The molecule has 7 heteroatoms. The van der Waals surface area contributed by atoms with Gasteiger partial charge in [0.05, 0.1) is 6.20 Å². The summed E-state index contributed by atoms with van der Waals surface area (Å²) in [6.07, 6.45) is 1.67. The number of hydrogen-bond donors (Lipinski definition) is 3. The van der Waals surface area contributed by atoms with Crippen molar-refractivity contribution in [3.05, 3.63) is 17.5 Å². The molecule has 0 aliphatic heterocycles. The Morgan fingerprint density at radius 2 is 2.05 bits per heavy atom. The molecular formula is C13H22N4O3. The van der Waals surface area contributed by atoms with E-state index in [1.807, 2.05) is 14.0 Å². The Kier molecular flexibility index (Phi) is 4.75. The van der Waals surface area contributed by atoms with E-state index in [0.29, 0.717) is 6.54 Å². The van der Waals surface area contributed by atoms with Crippen molar-refractivity contribution >= 4 is 12.0 Å². The molecule has 1 heterocycles. The number of carboxylic acid groups (broad SMARTS) is 1. The van der Waals surface area contributed by atoms with Gasteiger partial charge < -0.3 is 15.7 Å². The minimum atomic E-state index is -1.05. The predicted octanol–water partition coefficient (Wildman–Crippen LogP) is 1.03. The van der Waals surface area contributed by atoms with Gasteiger partial charge in [-0.25, -0.2) is 9.59 Å². The molecule has 0 fully saturated rings. The number of nitrogens with zero attached hydrogens (tertiary/aromatic N) is 2. The van der Waals surface area contributed by atoms with Gasteiger partial charge in [-0.3, -0.25) is 4.68 Å². The van der Waals surface area contributed by atoms with Crippen LogP contribution in [0.5, 0.6) is 0 Å². The van der Waals surface area contributed by atoms with Gasteiger partial charge in [0.15, 0.2) is 0 Å². The fourth-order valence-electron chi connectivity index (χ4n) is 1.72. The molecule has 0 aliphatic carbocycles. The molecule has 2 amide bonds. The first kappa shape index (κ1) is 16.0. The van der Waals surface area contributed by atoms with Crippen LogP contribution in [-0.2, 0) is 18.4 Å². The number of nitrogens with one attached hydrogen (secondary N) is 2. The summed E-state index contributed by atoms with van der Waals surface area (Å²) in [6.45, 7) is 7.49. The van der Waals surface area contributed by atoms with E-state index in [1.165, 1.54) is 0 Å². The molecule has 0 bridgehead atoms. The zero-order valence-corrected chi connectivity index (χ0v) is 12.5. The summed E-state index contributed by atoms with van der Waals surface area (Å²) in [5.74, 6) is -1.05. The molecule has 0 spiro atoms. The number of carbonyl (C=O) groups excluding carboxylic acids is 1. The number of urea groups is 1. The fourth-order valence-corrected chi connectivity index (χ4v) is 1.72. The smallest absolute Gasteiger partial charge is 0.326 e. The van der Waals surface area contributed by atoms with E-state index in [9.17, 15) is 9.59 Å². The van der Waals surface area contributed by atoms with Crippen LogP contribution in [0.4, 0.5) is 4.79 Å². The van der Waals surface area contributed by atoms with E-state index in [0.717, 1.165) is 11.3 Å². The van der Waals surface area contributed by atoms with Gasteiger partial charge >= 0.3 is 12.0 Å². The summed E-state index contributed by atoms with van der Waals surface area (Å²) in [7, 11) is 1.82. The predicted molar refractivity (Wildman–Crippen MR) is 74.2 cm³/mol. The first-order valence-electron chi connectivity index (χ1n) is 6.37. The highest BCUT2D eigenvalue weighted by Gasteiger charge is 2.32. The molecule has 3 N–H and O–H groups in total. The minimum Gasteiger partial charge on any atom is -0.480 e. The Morgan fingerprint density at radius 1 is 1.45 bits per heavy atom. The largest absolute Gasteiger partial charge is 0.480 e. The normalized spacial score (nSPS) is 12.8. The van der Waals surface area contributed by atoms with Gasteiger partial charge in [-0.1, -0.05) is 20.8 Å². The summed E-state index contributed by atoms with van der Waals surface area (Å²) in [4.78, 5) is 22.9. The average molecular weight is 282 g/mol. The first-order valence-corrected chi connectivity index (χ1v) is 6.37. The molecule has 112 valence electrons. The summed E-state index contributed by atoms with van der Waals surface area (Å²) >= 11 is 0. The van der Waals surface area contributed by atoms with Crippen LogP contribution in [0.3, 0.4) is 0 Å². The van der Waals surface area contributed by atoms with Crippen molar-refractivity contribution in [2.45, 2.75) is 40.3 Å². The summed E-state index contributed by atoms with van der Waals surface area (Å²) in [6, 6.07) is -1.45. The summed E-state index contributed by atoms with van der Waals surface area (Å²) < 4.78 is 1.71. The fraction of sp³-hybridized carbons (Fsp3) is 0.615. The van der Waals surface area contributed by atoms with Gasteiger partial charge in [0, 0.05) is 24.8 Å². The van der Waals surface area contributed by atoms with Crippen LogP contribution in [0.25, 0.3) is 0 Å². The van der Waals surface area contributed by atoms with Crippen LogP contribution in [0.2, 0.25) is 0 Å². The van der Waals surface area contributed by atoms with E-state index >= 15 is 0 Å². The molecule has 0 aromatic carbocycles. The molecule has 0 radical (unpaired) electrons. The van der Waals surface area contributed by atoms with E-state index < -0.39 is 23.5 Å². The molecule has 0 unspecified atom stereocenters. The highest BCUT2D eigenvalue weighted by molar-refractivity contribution is 5.83. The maximum atomic E-state index is 11.8. The third-order valence-corrected chi connectivity index (χ3v) is 3.16. The van der Waals surface area contributed by atoms with Gasteiger partial charge in [0.2, 0.25) is 0 Å². The van der Waals surface area contributed by atoms with Crippen molar-refractivity contribution < 1.29 is 14.7 Å². The second-order valence-corrected chi connectivity index (χ2v) is 5.84. The number of amides is 2. The number of aliphatic carboxylic acids is 1. The highest BCUT2D eigenvalue weighted by Crippen LogP contribution is 2.19. The molecule has 0 saturated carbocycles. The van der Waals surface area contributed by atoms with Crippen molar-refractivity contribution in [1.29, 1.82) is 0 Å². The second-order valence-electron chi connectivity index (χ2n) is 5.84. The topological polar surface area (TPSA) is 96.2 Å². The third-order valence-electron chi connectivity index (χ3n) is 3.16. The highest BCUT2D eigenvalue weighted by atomic mass is 16.4. The number of aryl methyl sites for hydroxylation is 1. The van der Waals surface area contributed by atoms with Gasteiger partial charge in [0.1, 0.15) is 6.04 Å². The molecule has 1 rings (SSSR count). The second kappa shape index (κ2) is 5.94. The van der Waals surface area contributed by atoms with E-state index in [-0.39, 0.29) is 0 Å². The minimum absolute atomic E-state index is 0.308. The Bertz CT molecular complexity index is 502. The lowest BCUT2D eigenvalue weighted by atomic mass is 9.87. The van der Waals surface area contributed by atoms with Crippen LogP contribution in [0.1, 0.15) is 32.0 Å². The van der Waals surface area contributed by atoms with E-state index in [4.69, 9.17) is 5.11 Å². The maximum absolute atomic E-state index is 11.8. The molecule has 20 heavy (non-hydrogen) atoms. The molecule has 0 saturated heterocycles. The molecule has 1 aromatic rings. The third kappa shape index (κ3) is 3.97. The van der Waals surface area contributed by atoms with Crippen molar-refractivity contribution in [1.82, 2.24) is 20.4 Å². The van der Waals surface area contributed by atoms with E-state index in [2.05, 4.69) is 15.7 Å². The van der Waals surface area contributed by atoms with Gasteiger partial charge in [0.25, 0.3) is 0 Å². The molecular weight excluding hydrogens is 260 g/mol. The summed E-state index contributed by atoms with van der Waals surface area (Å²) in [5.41, 5.74) is 1.29. The standard InChI is InChI=1S/C13H22N4O3/c1-8-9(7-15-17(8)5)6-14-12(20)16-10(11(18)19)13(2,3)4/h7,10H,6H2,1-5H3,(H,18,19)(H2,14,16,20)/t10-/m1/s1. The van der Waals surface area contributed by atoms with Gasteiger partial charge in [-0.05, 0) is 12.3 Å². The van der Waals surface area contributed by atoms with Crippen molar-refractivity contribution in [2.24, 2.45) is 12.5 Å². The zero-order valence-electron chi connectivity index (χ0n) is 12.5. The van der Waals surface area contributed by atoms with Gasteiger partial charge in [-0.2, -0.15) is 5.10 Å². The lowest BCUT2D eigenvalue weighted by molar-refractivity contribution is -0.141. The zero-order chi connectivity index (χ0) is 15.5. The van der Waals surface area contributed by atoms with Crippen molar-refractivity contribution in [3.63, 3.8) is 0 Å². The average Bonchev–Trinajstić information content (AvgIpc) is 2.62. The van der Waals surface area contributed by atoms with Gasteiger partial charge in [-0.15, -0.1) is 0 Å².